The summed E-state index contributed by atoms with van der Waals surface area (Å²) in [5, 5.41) is 8.90. The fourth-order valence-electron chi connectivity index (χ4n) is 1.95. The Morgan fingerprint density at radius 1 is 1.50 bits per heavy atom. The van der Waals surface area contributed by atoms with Gasteiger partial charge in [0.05, 0.1) is 35.5 Å². The minimum Gasteiger partial charge on any atom is -0.462 e. The molecule has 1 unspecified atom stereocenters. The third kappa shape index (κ3) is 3.89. The Labute approximate surface area is 119 Å². The molecule has 2 N–H and O–H groups in total. The van der Waals surface area contributed by atoms with Crippen LogP contribution in [0, 0.1) is 17.2 Å². The zero-order valence-electron chi connectivity index (χ0n) is 12.2. The maximum atomic E-state index is 11.6. The monoisotopic (exact) mass is 275 g/mol. The molecule has 0 amide bonds. The second-order valence-corrected chi connectivity index (χ2v) is 4.56. The van der Waals surface area contributed by atoms with Gasteiger partial charge in [0.25, 0.3) is 0 Å². The van der Waals surface area contributed by atoms with Crippen molar-refractivity contribution in [2.24, 2.45) is 5.92 Å². The van der Waals surface area contributed by atoms with Crippen LogP contribution in [0.5, 0.6) is 0 Å². The van der Waals surface area contributed by atoms with Crippen LogP contribution in [0.25, 0.3) is 0 Å². The van der Waals surface area contributed by atoms with Gasteiger partial charge in [-0.1, -0.05) is 0 Å². The minimum absolute atomic E-state index is 0.0842. The van der Waals surface area contributed by atoms with Crippen LogP contribution in [0.15, 0.2) is 18.2 Å². The van der Waals surface area contributed by atoms with Gasteiger partial charge in [-0.25, -0.2) is 4.79 Å². The number of carbonyl (C=O) groups excluding carboxylic acids is 1. The molecule has 0 aliphatic heterocycles. The average Bonchev–Trinajstić information content (AvgIpc) is 2.45. The maximum Gasteiger partial charge on any atom is 0.338 e. The van der Waals surface area contributed by atoms with E-state index in [0.717, 1.165) is 12.2 Å². The van der Waals surface area contributed by atoms with Gasteiger partial charge in [0, 0.05) is 13.1 Å². The summed E-state index contributed by atoms with van der Waals surface area (Å²) >= 11 is 0. The lowest BCUT2D eigenvalue weighted by molar-refractivity contribution is 0.0526. The fourth-order valence-corrected chi connectivity index (χ4v) is 1.95. The number of anilines is 2. The number of ether oxygens (including phenoxy) is 1. The molecule has 108 valence electrons. The molecular weight excluding hydrogens is 254 g/mol. The molecule has 1 atom stereocenters. The molecule has 0 radical (unpaired) electrons. The quantitative estimate of drug-likeness (QED) is 0.637. The molecule has 1 aromatic rings. The van der Waals surface area contributed by atoms with Crippen molar-refractivity contribution in [3.63, 3.8) is 0 Å². The van der Waals surface area contributed by atoms with Crippen molar-refractivity contribution in [1.82, 2.24) is 0 Å². The number of carbonyl (C=O) groups is 1. The number of nitrogens with two attached hydrogens (primary N) is 1. The molecule has 20 heavy (non-hydrogen) atoms. The first-order valence-electron chi connectivity index (χ1n) is 6.74. The van der Waals surface area contributed by atoms with E-state index in [-0.39, 0.29) is 11.9 Å². The molecule has 0 bridgehead atoms. The van der Waals surface area contributed by atoms with Gasteiger partial charge in [-0.3, -0.25) is 0 Å². The van der Waals surface area contributed by atoms with Crippen molar-refractivity contribution >= 4 is 17.3 Å². The number of nitriles is 1. The van der Waals surface area contributed by atoms with E-state index in [1.54, 1.807) is 25.1 Å². The summed E-state index contributed by atoms with van der Waals surface area (Å²) in [5.74, 6) is -0.460. The first kappa shape index (κ1) is 15.8. The largest absolute Gasteiger partial charge is 0.462 e. The van der Waals surface area contributed by atoms with Crippen LogP contribution in [0.1, 0.15) is 31.1 Å². The highest BCUT2D eigenvalue weighted by molar-refractivity contribution is 5.92. The van der Waals surface area contributed by atoms with Gasteiger partial charge in [-0.15, -0.1) is 0 Å². The van der Waals surface area contributed by atoms with Crippen LogP contribution in [0.2, 0.25) is 0 Å². The van der Waals surface area contributed by atoms with Crippen molar-refractivity contribution in [1.29, 1.82) is 5.26 Å². The van der Waals surface area contributed by atoms with E-state index < -0.39 is 0 Å². The third-order valence-corrected chi connectivity index (χ3v) is 2.98. The molecule has 0 aliphatic carbocycles. The predicted molar refractivity (Wildman–Crippen MR) is 79.5 cm³/mol. The van der Waals surface area contributed by atoms with Crippen LogP contribution >= 0.6 is 0 Å². The van der Waals surface area contributed by atoms with Gasteiger partial charge >= 0.3 is 5.97 Å². The highest BCUT2D eigenvalue weighted by Crippen LogP contribution is 2.25. The molecule has 0 aliphatic rings. The molecule has 0 spiro atoms. The van der Waals surface area contributed by atoms with Crippen LogP contribution in [-0.2, 0) is 4.74 Å². The van der Waals surface area contributed by atoms with Gasteiger partial charge in [0.1, 0.15) is 0 Å². The van der Waals surface area contributed by atoms with E-state index >= 15 is 0 Å². The molecule has 0 fully saturated rings. The number of hydrogen-bond donors (Lipinski definition) is 1. The second-order valence-electron chi connectivity index (χ2n) is 4.56. The number of nitrogen functional groups attached to an aromatic ring is 1. The number of rotatable bonds is 6. The van der Waals surface area contributed by atoms with Gasteiger partial charge in [0.2, 0.25) is 0 Å². The first-order chi connectivity index (χ1) is 9.53. The van der Waals surface area contributed by atoms with Crippen LogP contribution < -0.4 is 10.6 Å². The molecule has 0 saturated heterocycles. The average molecular weight is 275 g/mol. The molecule has 0 heterocycles. The highest BCUT2D eigenvalue weighted by atomic mass is 16.5. The molecule has 0 saturated carbocycles. The van der Waals surface area contributed by atoms with Crippen LogP contribution in [-0.4, -0.2) is 25.7 Å². The molecule has 1 rings (SSSR count). The SMILES string of the molecule is CCOC(=O)c1ccc(N(CC)CC(C)C#N)c(N)c1. The zero-order chi connectivity index (χ0) is 15.1. The summed E-state index contributed by atoms with van der Waals surface area (Å²) in [6.45, 7) is 7.32. The number of hydrogen-bond acceptors (Lipinski definition) is 5. The Balaban J connectivity index is 2.96. The van der Waals surface area contributed by atoms with E-state index in [0.29, 0.717) is 24.4 Å². The topological polar surface area (TPSA) is 79.3 Å². The number of nitrogens with zero attached hydrogens (tertiary/aromatic N) is 2. The summed E-state index contributed by atoms with van der Waals surface area (Å²) in [6.07, 6.45) is 0. The Hall–Kier alpha value is -2.22. The van der Waals surface area contributed by atoms with Gasteiger partial charge in [0.15, 0.2) is 0 Å². The van der Waals surface area contributed by atoms with Crippen molar-refractivity contribution in [3.05, 3.63) is 23.8 Å². The van der Waals surface area contributed by atoms with E-state index in [9.17, 15) is 4.79 Å². The Kier molecular flexibility index (Phi) is 5.85. The van der Waals surface area contributed by atoms with E-state index in [1.807, 2.05) is 18.7 Å². The van der Waals surface area contributed by atoms with E-state index in [4.69, 9.17) is 15.7 Å². The lowest BCUT2D eigenvalue weighted by Crippen LogP contribution is -2.28. The summed E-state index contributed by atoms with van der Waals surface area (Å²) < 4.78 is 4.94. The maximum absolute atomic E-state index is 11.6. The third-order valence-electron chi connectivity index (χ3n) is 2.98. The Bertz CT molecular complexity index is 508. The summed E-state index contributed by atoms with van der Waals surface area (Å²) in [6, 6.07) is 7.33. The fraction of sp³-hybridized carbons (Fsp3) is 0.467. The zero-order valence-corrected chi connectivity index (χ0v) is 12.2. The van der Waals surface area contributed by atoms with Gasteiger partial charge in [-0.05, 0) is 39.0 Å². The van der Waals surface area contributed by atoms with E-state index in [2.05, 4.69) is 6.07 Å². The summed E-state index contributed by atoms with van der Waals surface area (Å²) in [5.41, 5.74) is 7.81. The number of benzene rings is 1. The molecular formula is C15H21N3O2. The highest BCUT2D eigenvalue weighted by Gasteiger charge is 2.14. The van der Waals surface area contributed by atoms with Crippen molar-refractivity contribution < 1.29 is 9.53 Å². The van der Waals surface area contributed by atoms with E-state index in [1.165, 1.54) is 0 Å². The predicted octanol–water partition coefficient (Wildman–Crippen LogP) is 2.43. The summed E-state index contributed by atoms with van der Waals surface area (Å²) in [7, 11) is 0. The molecule has 1 aromatic carbocycles. The first-order valence-corrected chi connectivity index (χ1v) is 6.74. The normalized spacial score (nSPS) is 11.5. The van der Waals surface area contributed by atoms with Gasteiger partial charge in [-0.2, -0.15) is 5.26 Å². The lowest BCUT2D eigenvalue weighted by atomic mass is 10.1. The van der Waals surface area contributed by atoms with Gasteiger partial charge < -0.3 is 15.4 Å². The molecule has 5 nitrogen and oxygen atoms in total. The second kappa shape index (κ2) is 7.39. The number of esters is 1. The summed E-state index contributed by atoms with van der Waals surface area (Å²) in [4.78, 5) is 13.7. The standard InChI is InChI=1S/C15H21N3O2/c1-4-18(10-11(3)9-16)14-7-6-12(8-13(14)17)15(19)20-5-2/h6-8,11H,4-5,10,17H2,1-3H3. The molecule has 0 aromatic heterocycles. The van der Waals surface area contributed by atoms with Crippen LogP contribution in [0.3, 0.4) is 0 Å². The smallest absolute Gasteiger partial charge is 0.338 e. The van der Waals surface area contributed by atoms with Crippen LogP contribution in [0.4, 0.5) is 11.4 Å². The Morgan fingerprint density at radius 3 is 2.70 bits per heavy atom. The lowest BCUT2D eigenvalue weighted by Gasteiger charge is -2.25. The van der Waals surface area contributed by atoms with Crippen molar-refractivity contribution in [3.8, 4) is 6.07 Å². The van der Waals surface area contributed by atoms with Crippen molar-refractivity contribution in [2.75, 3.05) is 30.3 Å². The minimum atomic E-state index is -0.376. The van der Waals surface area contributed by atoms with Crippen molar-refractivity contribution in [2.45, 2.75) is 20.8 Å². The Morgan fingerprint density at radius 2 is 2.20 bits per heavy atom. The molecule has 5 heteroatoms.